The zero-order valence-electron chi connectivity index (χ0n) is 9.12. The van der Waals surface area contributed by atoms with Gasteiger partial charge in [-0.05, 0) is 12.8 Å². The van der Waals surface area contributed by atoms with E-state index < -0.39 is 6.04 Å². The third-order valence-electron chi connectivity index (χ3n) is 3.26. The van der Waals surface area contributed by atoms with Crippen molar-refractivity contribution in [2.24, 2.45) is 5.92 Å². The van der Waals surface area contributed by atoms with E-state index in [2.05, 4.69) is 10.6 Å². The fourth-order valence-corrected chi connectivity index (χ4v) is 2.32. The number of amides is 3. The monoisotopic (exact) mass is 224 g/mol. The van der Waals surface area contributed by atoms with E-state index in [-0.39, 0.29) is 30.1 Å². The summed E-state index contributed by atoms with van der Waals surface area (Å²) in [5, 5.41) is 4.84. The van der Waals surface area contributed by atoms with Gasteiger partial charge in [0.15, 0.2) is 0 Å². The van der Waals surface area contributed by atoms with Gasteiger partial charge >= 0.3 is 0 Å². The molecule has 5 nitrogen and oxygen atoms in total. The first kappa shape index (κ1) is 11.1. The van der Waals surface area contributed by atoms with Crippen molar-refractivity contribution in [1.82, 2.24) is 10.6 Å². The molecule has 1 aliphatic carbocycles. The summed E-state index contributed by atoms with van der Waals surface area (Å²) in [6, 6.07) is -0.651. The summed E-state index contributed by atoms with van der Waals surface area (Å²) in [6.45, 7) is 0. The van der Waals surface area contributed by atoms with Crippen LogP contribution in [0.4, 0.5) is 0 Å². The smallest absolute Gasteiger partial charge is 0.249 e. The highest BCUT2D eigenvalue weighted by Gasteiger charge is 2.33. The lowest BCUT2D eigenvalue weighted by Crippen LogP contribution is -2.43. The van der Waals surface area contributed by atoms with Crippen molar-refractivity contribution in [3.63, 3.8) is 0 Å². The minimum Gasteiger partial charge on any atom is -0.344 e. The van der Waals surface area contributed by atoms with Crippen LogP contribution in [0.3, 0.4) is 0 Å². The predicted molar refractivity (Wildman–Crippen MR) is 56.3 cm³/mol. The maximum atomic E-state index is 11.8. The summed E-state index contributed by atoms with van der Waals surface area (Å²) in [6.07, 6.45) is 5.22. The van der Waals surface area contributed by atoms with Gasteiger partial charge in [-0.2, -0.15) is 0 Å². The lowest BCUT2D eigenvalue weighted by molar-refractivity contribution is -0.130. The second-order valence-corrected chi connectivity index (χ2v) is 4.51. The Balaban J connectivity index is 1.86. The highest BCUT2D eigenvalue weighted by atomic mass is 16.2. The van der Waals surface area contributed by atoms with E-state index in [0.29, 0.717) is 0 Å². The molecule has 5 heteroatoms. The molecular weight excluding hydrogens is 208 g/mol. The number of hydrogen-bond acceptors (Lipinski definition) is 3. The van der Waals surface area contributed by atoms with Crippen molar-refractivity contribution in [3.05, 3.63) is 0 Å². The molecule has 0 aromatic carbocycles. The van der Waals surface area contributed by atoms with Crippen molar-refractivity contribution in [1.29, 1.82) is 0 Å². The van der Waals surface area contributed by atoms with Crippen LogP contribution in [-0.4, -0.2) is 23.8 Å². The first-order valence-electron chi connectivity index (χ1n) is 5.81. The molecule has 1 aliphatic heterocycles. The number of nitrogens with one attached hydrogen (secondary N) is 2. The second-order valence-electron chi connectivity index (χ2n) is 4.51. The quantitative estimate of drug-likeness (QED) is 0.653. The van der Waals surface area contributed by atoms with Crippen molar-refractivity contribution >= 4 is 17.7 Å². The molecule has 2 aliphatic rings. The van der Waals surface area contributed by atoms with Crippen molar-refractivity contribution in [2.45, 2.75) is 44.6 Å². The Morgan fingerprint density at radius 3 is 2.44 bits per heavy atom. The van der Waals surface area contributed by atoms with Crippen LogP contribution >= 0.6 is 0 Å². The predicted octanol–water partition coefficient (Wildman–Crippen LogP) is 0.0980. The summed E-state index contributed by atoms with van der Waals surface area (Å²) >= 11 is 0. The van der Waals surface area contributed by atoms with Crippen LogP contribution in [-0.2, 0) is 14.4 Å². The summed E-state index contributed by atoms with van der Waals surface area (Å²) < 4.78 is 0. The molecule has 0 aromatic heterocycles. The van der Waals surface area contributed by atoms with Gasteiger partial charge in [-0.15, -0.1) is 0 Å². The molecule has 1 heterocycles. The molecule has 88 valence electrons. The normalized spacial score (nSPS) is 26.6. The van der Waals surface area contributed by atoms with Gasteiger partial charge in [0.25, 0.3) is 0 Å². The summed E-state index contributed by atoms with van der Waals surface area (Å²) in [7, 11) is 0. The molecule has 0 bridgehead atoms. The van der Waals surface area contributed by atoms with E-state index in [1.165, 1.54) is 6.42 Å². The van der Waals surface area contributed by atoms with E-state index in [4.69, 9.17) is 0 Å². The molecule has 1 unspecified atom stereocenters. The maximum Gasteiger partial charge on any atom is 0.249 e. The SMILES string of the molecule is O=C1CC(NC(=O)C2CCCCC2)C(=O)N1. The number of carbonyl (C=O) groups is 3. The van der Waals surface area contributed by atoms with E-state index in [0.717, 1.165) is 25.7 Å². The van der Waals surface area contributed by atoms with E-state index in [1.807, 2.05) is 0 Å². The Bertz CT molecular complexity index is 321. The molecule has 2 fully saturated rings. The van der Waals surface area contributed by atoms with E-state index >= 15 is 0 Å². The zero-order chi connectivity index (χ0) is 11.5. The average molecular weight is 224 g/mol. The highest BCUT2D eigenvalue weighted by Crippen LogP contribution is 2.23. The third-order valence-corrected chi connectivity index (χ3v) is 3.26. The Morgan fingerprint density at radius 1 is 1.19 bits per heavy atom. The van der Waals surface area contributed by atoms with Crippen molar-refractivity contribution < 1.29 is 14.4 Å². The van der Waals surface area contributed by atoms with Crippen LogP contribution in [0.15, 0.2) is 0 Å². The van der Waals surface area contributed by atoms with Crippen molar-refractivity contribution in [2.75, 3.05) is 0 Å². The fourth-order valence-electron chi connectivity index (χ4n) is 2.32. The largest absolute Gasteiger partial charge is 0.344 e. The van der Waals surface area contributed by atoms with Crippen LogP contribution in [0.5, 0.6) is 0 Å². The lowest BCUT2D eigenvalue weighted by atomic mass is 9.88. The van der Waals surface area contributed by atoms with Gasteiger partial charge in [0.1, 0.15) is 6.04 Å². The average Bonchev–Trinajstić information content (AvgIpc) is 2.59. The van der Waals surface area contributed by atoms with Crippen LogP contribution in [0.1, 0.15) is 38.5 Å². The summed E-state index contributed by atoms with van der Waals surface area (Å²) in [4.78, 5) is 34.0. The third kappa shape index (κ3) is 2.40. The van der Waals surface area contributed by atoms with Gasteiger partial charge in [-0.1, -0.05) is 19.3 Å². The number of hydrogen-bond donors (Lipinski definition) is 2. The first-order chi connectivity index (χ1) is 7.66. The lowest BCUT2D eigenvalue weighted by Gasteiger charge is -2.21. The van der Waals surface area contributed by atoms with Gasteiger partial charge in [-0.3, -0.25) is 19.7 Å². The summed E-state index contributed by atoms with van der Waals surface area (Å²) in [5.41, 5.74) is 0. The molecule has 3 amide bonds. The van der Waals surface area contributed by atoms with Gasteiger partial charge in [0.05, 0.1) is 6.42 Å². The van der Waals surface area contributed by atoms with Crippen molar-refractivity contribution in [3.8, 4) is 0 Å². The van der Waals surface area contributed by atoms with Gasteiger partial charge in [0, 0.05) is 5.92 Å². The molecule has 0 radical (unpaired) electrons. The van der Waals surface area contributed by atoms with Crippen LogP contribution in [0, 0.1) is 5.92 Å². The molecule has 2 N–H and O–H groups in total. The Morgan fingerprint density at radius 2 is 1.88 bits per heavy atom. The van der Waals surface area contributed by atoms with Gasteiger partial charge in [-0.25, -0.2) is 0 Å². The van der Waals surface area contributed by atoms with Crippen LogP contribution in [0.2, 0.25) is 0 Å². The molecule has 2 rings (SSSR count). The topological polar surface area (TPSA) is 75.3 Å². The number of rotatable bonds is 2. The molecular formula is C11H16N2O3. The molecule has 0 aromatic rings. The van der Waals surface area contributed by atoms with Crippen LogP contribution < -0.4 is 10.6 Å². The van der Waals surface area contributed by atoms with E-state index in [1.54, 1.807) is 0 Å². The van der Waals surface area contributed by atoms with Crippen LogP contribution in [0.25, 0.3) is 0 Å². The molecule has 16 heavy (non-hydrogen) atoms. The highest BCUT2D eigenvalue weighted by molar-refractivity contribution is 6.06. The Hall–Kier alpha value is -1.39. The molecule has 1 saturated heterocycles. The minimum absolute atomic E-state index is 0.0252. The number of imide groups is 1. The van der Waals surface area contributed by atoms with E-state index in [9.17, 15) is 14.4 Å². The number of carbonyl (C=O) groups excluding carboxylic acids is 3. The summed E-state index contributed by atoms with van der Waals surface area (Å²) in [5.74, 6) is -0.736. The first-order valence-corrected chi connectivity index (χ1v) is 5.81. The molecule has 1 saturated carbocycles. The fraction of sp³-hybridized carbons (Fsp3) is 0.727. The minimum atomic E-state index is -0.651. The van der Waals surface area contributed by atoms with Gasteiger partial charge in [0.2, 0.25) is 17.7 Å². The maximum absolute atomic E-state index is 11.8. The molecule has 1 atom stereocenters. The Labute approximate surface area is 94.0 Å². The zero-order valence-corrected chi connectivity index (χ0v) is 9.12. The van der Waals surface area contributed by atoms with Gasteiger partial charge < -0.3 is 5.32 Å². The second kappa shape index (κ2) is 4.63. The molecule has 0 spiro atoms. The Kier molecular flexibility index (Phi) is 3.22. The standard InChI is InChI=1S/C11H16N2O3/c14-9-6-8(11(16)13-9)12-10(15)7-4-2-1-3-5-7/h7-8H,1-6H2,(H,12,15)(H,13,14,16).